The fraction of sp³-hybridized carbons (Fsp3) is 0.611. The van der Waals surface area contributed by atoms with Crippen LogP contribution >= 0.6 is 0 Å². The lowest BCUT2D eigenvalue weighted by molar-refractivity contribution is -0.122. The Balaban J connectivity index is 1.91. The van der Waals surface area contributed by atoms with E-state index >= 15 is 0 Å². The largest absolute Gasteiger partial charge is 0.356 e. The first-order valence-corrected chi connectivity index (χ1v) is 8.86. The molecule has 0 radical (unpaired) electrons. The van der Waals surface area contributed by atoms with Gasteiger partial charge in [0.25, 0.3) is 5.91 Å². The number of rotatable bonds is 7. The van der Waals surface area contributed by atoms with Crippen LogP contribution < -0.4 is 10.6 Å². The molecule has 2 rings (SSSR count). The number of nitrogens with one attached hydrogen (secondary N) is 3. The second kappa shape index (κ2) is 8.29. The van der Waals surface area contributed by atoms with Gasteiger partial charge in [0.15, 0.2) is 6.29 Å². The Hall–Kier alpha value is -2.15. The Bertz CT molecular complexity index is 653. The van der Waals surface area contributed by atoms with Crippen molar-refractivity contribution in [2.75, 3.05) is 19.6 Å². The highest BCUT2D eigenvalue weighted by atomic mass is 16.2. The summed E-state index contributed by atoms with van der Waals surface area (Å²) in [5.74, 6) is -0.546. The second-order valence-corrected chi connectivity index (χ2v) is 6.65. The SMILES string of the molecule is CCN1CCCC1CNC(=O)C(C)NC(=O)c1c(C)[nH]c(C=O)c1C. The average molecular weight is 348 g/mol. The molecule has 0 aromatic carbocycles. The van der Waals surface area contributed by atoms with Gasteiger partial charge in [-0.25, -0.2) is 0 Å². The van der Waals surface area contributed by atoms with Crippen molar-refractivity contribution < 1.29 is 14.4 Å². The molecular formula is C18H28N4O3. The van der Waals surface area contributed by atoms with Crippen LogP contribution in [0.3, 0.4) is 0 Å². The summed E-state index contributed by atoms with van der Waals surface area (Å²) in [7, 11) is 0. The van der Waals surface area contributed by atoms with Crippen LogP contribution in [0.1, 0.15) is 58.8 Å². The van der Waals surface area contributed by atoms with Crippen molar-refractivity contribution >= 4 is 18.1 Å². The number of H-pyrrole nitrogens is 1. The number of amides is 2. The van der Waals surface area contributed by atoms with Gasteiger partial charge in [-0.05, 0) is 52.3 Å². The van der Waals surface area contributed by atoms with Crippen molar-refractivity contribution in [3.05, 3.63) is 22.5 Å². The molecule has 0 saturated carbocycles. The molecule has 0 bridgehead atoms. The molecule has 138 valence electrons. The number of likely N-dealkylation sites (N-methyl/N-ethyl adjacent to an activating group) is 1. The summed E-state index contributed by atoms with van der Waals surface area (Å²) in [6.07, 6.45) is 2.94. The fourth-order valence-electron chi connectivity index (χ4n) is 3.48. The van der Waals surface area contributed by atoms with E-state index in [1.54, 1.807) is 20.8 Å². The third-order valence-corrected chi connectivity index (χ3v) is 4.98. The zero-order valence-electron chi connectivity index (χ0n) is 15.4. The van der Waals surface area contributed by atoms with Crippen LogP contribution in [-0.4, -0.2) is 59.7 Å². The third kappa shape index (κ3) is 4.28. The van der Waals surface area contributed by atoms with E-state index in [-0.39, 0.29) is 11.8 Å². The Morgan fingerprint density at radius 3 is 2.72 bits per heavy atom. The second-order valence-electron chi connectivity index (χ2n) is 6.65. The molecule has 2 amide bonds. The quantitative estimate of drug-likeness (QED) is 0.645. The lowest BCUT2D eigenvalue weighted by Crippen LogP contribution is -2.48. The van der Waals surface area contributed by atoms with Crippen molar-refractivity contribution in [3.63, 3.8) is 0 Å². The summed E-state index contributed by atoms with van der Waals surface area (Å²) >= 11 is 0. The molecule has 0 aliphatic carbocycles. The summed E-state index contributed by atoms with van der Waals surface area (Å²) in [6, 6.07) is -0.265. The summed E-state index contributed by atoms with van der Waals surface area (Å²) in [4.78, 5) is 41.0. The van der Waals surface area contributed by atoms with Gasteiger partial charge in [-0.15, -0.1) is 0 Å². The van der Waals surface area contributed by atoms with Crippen LogP contribution in [-0.2, 0) is 4.79 Å². The molecule has 1 aromatic heterocycles. The lowest BCUT2D eigenvalue weighted by atomic mass is 10.1. The predicted octanol–water partition coefficient (Wildman–Crippen LogP) is 1.16. The number of carbonyl (C=O) groups is 3. The van der Waals surface area contributed by atoms with Crippen molar-refractivity contribution in [1.29, 1.82) is 0 Å². The van der Waals surface area contributed by atoms with Gasteiger partial charge in [0.05, 0.1) is 11.3 Å². The van der Waals surface area contributed by atoms with Gasteiger partial charge in [0, 0.05) is 18.3 Å². The van der Waals surface area contributed by atoms with E-state index in [0.29, 0.717) is 41.4 Å². The van der Waals surface area contributed by atoms with Gasteiger partial charge in [-0.3, -0.25) is 19.3 Å². The standard InChI is InChI=1S/C18H28N4O3/c1-5-22-8-6-7-14(22)9-19-17(24)13(4)21-18(25)16-11(2)15(10-23)20-12(16)3/h10,13-14,20H,5-9H2,1-4H3,(H,19,24)(H,21,25). The van der Waals surface area contributed by atoms with Gasteiger partial charge < -0.3 is 15.6 Å². The zero-order chi connectivity index (χ0) is 18.6. The molecule has 0 spiro atoms. The van der Waals surface area contributed by atoms with E-state index in [1.807, 2.05) is 0 Å². The number of aldehydes is 1. The molecule has 3 N–H and O–H groups in total. The van der Waals surface area contributed by atoms with Crippen LogP contribution in [0.5, 0.6) is 0 Å². The number of hydrogen-bond acceptors (Lipinski definition) is 4. The maximum absolute atomic E-state index is 12.5. The summed E-state index contributed by atoms with van der Waals surface area (Å²) < 4.78 is 0. The van der Waals surface area contributed by atoms with Crippen LogP contribution in [0.25, 0.3) is 0 Å². The van der Waals surface area contributed by atoms with Crippen LogP contribution in [0, 0.1) is 13.8 Å². The van der Waals surface area contributed by atoms with Crippen LogP contribution in [0.15, 0.2) is 0 Å². The highest BCUT2D eigenvalue weighted by molar-refractivity contribution is 6.01. The molecule has 2 heterocycles. The van der Waals surface area contributed by atoms with E-state index in [4.69, 9.17) is 0 Å². The van der Waals surface area contributed by atoms with E-state index in [9.17, 15) is 14.4 Å². The molecule has 1 aromatic rings. The Morgan fingerprint density at radius 1 is 1.40 bits per heavy atom. The molecule has 25 heavy (non-hydrogen) atoms. The normalized spacial score (nSPS) is 18.8. The highest BCUT2D eigenvalue weighted by Gasteiger charge is 2.25. The van der Waals surface area contributed by atoms with Crippen molar-refractivity contribution in [3.8, 4) is 0 Å². The number of likely N-dealkylation sites (tertiary alicyclic amines) is 1. The Morgan fingerprint density at radius 2 is 2.12 bits per heavy atom. The molecule has 1 fully saturated rings. The molecule has 1 aliphatic heterocycles. The number of carbonyl (C=O) groups excluding carboxylic acids is 3. The van der Waals surface area contributed by atoms with Gasteiger partial charge >= 0.3 is 0 Å². The number of aromatic nitrogens is 1. The van der Waals surface area contributed by atoms with E-state index in [0.717, 1.165) is 25.9 Å². The zero-order valence-corrected chi connectivity index (χ0v) is 15.4. The number of aromatic amines is 1. The van der Waals surface area contributed by atoms with E-state index in [1.165, 1.54) is 0 Å². The van der Waals surface area contributed by atoms with Crippen LogP contribution in [0.2, 0.25) is 0 Å². The van der Waals surface area contributed by atoms with E-state index < -0.39 is 6.04 Å². The first-order chi connectivity index (χ1) is 11.9. The minimum absolute atomic E-state index is 0.197. The Labute approximate surface area is 148 Å². The maximum atomic E-state index is 12.5. The smallest absolute Gasteiger partial charge is 0.254 e. The molecule has 1 saturated heterocycles. The fourth-order valence-corrected chi connectivity index (χ4v) is 3.48. The summed E-state index contributed by atoms with van der Waals surface area (Å²) in [6.45, 7) is 9.90. The van der Waals surface area contributed by atoms with Crippen LogP contribution in [0.4, 0.5) is 0 Å². The number of hydrogen-bond donors (Lipinski definition) is 3. The van der Waals surface area contributed by atoms with Crippen molar-refractivity contribution in [2.24, 2.45) is 0 Å². The van der Waals surface area contributed by atoms with E-state index in [2.05, 4.69) is 27.4 Å². The number of nitrogens with zero attached hydrogens (tertiary/aromatic N) is 1. The van der Waals surface area contributed by atoms with Crippen molar-refractivity contribution in [2.45, 2.75) is 52.6 Å². The lowest BCUT2D eigenvalue weighted by Gasteiger charge is -2.24. The Kier molecular flexibility index (Phi) is 6.36. The minimum atomic E-state index is -0.641. The molecular weight excluding hydrogens is 320 g/mol. The average Bonchev–Trinajstić information content (AvgIpc) is 3.15. The first kappa shape index (κ1) is 19.2. The number of aryl methyl sites for hydroxylation is 1. The predicted molar refractivity (Wildman–Crippen MR) is 95.9 cm³/mol. The van der Waals surface area contributed by atoms with Gasteiger partial charge in [-0.1, -0.05) is 6.92 Å². The summed E-state index contributed by atoms with van der Waals surface area (Å²) in [5, 5.41) is 5.65. The first-order valence-electron chi connectivity index (χ1n) is 8.86. The monoisotopic (exact) mass is 348 g/mol. The topological polar surface area (TPSA) is 94.3 Å². The highest BCUT2D eigenvalue weighted by Crippen LogP contribution is 2.17. The third-order valence-electron chi connectivity index (χ3n) is 4.98. The maximum Gasteiger partial charge on any atom is 0.254 e. The molecule has 2 atom stereocenters. The molecule has 2 unspecified atom stereocenters. The molecule has 7 nitrogen and oxygen atoms in total. The van der Waals surface area contributed by atoms with Gasteiger partial charge in [-0.2, -0.15) is 0 Å². The molecule has 1 aliphatic rings. The minimum Gasteiger partial charge on any atom is -0.356 e. The molecule has 7 heteroatoms. The summed E-state index contributed by atoms with van der Waals surface area (Å²) in [5.41, 5.74) is 2.03. The van der Waals surface area contributed by atoms with Gasteiger partial charge in [0.2, 0.25) is 5.91 Å². The van der Waals surface area contributed by atoms with Gasteiger partial charge in [0.1, 0.15) is 6.04 Å². The van der Waals surface area contributed by atoms with Crippen molar-refractivity contribution in [1.82, 2.24) is 20.5 Å².